The number of amides is 1. The fourth-order valence-electron chi connectivity index (χ4n) is 2.79. The molecule has 4 nitrogen and oxygen atoms in total. The summed E-state index contributed by atoms with van der Waals surface area (Å²) in [6.45, 7) is 2.55. The number of para-hydroxylation sites is 1. The Labute approximate surface area is 178 Å². The molecule has 30 heavy (non-hydrogen) atoms. The molecule has 0 radical (unpaired) electrons. The molecule has 1 saturated heterocycles. The number of rotatable bonds is 5. The number of carbonyl (C=O) groups is 1. The van der Waals surface area contributed by atoms with Crippen LogP contribution in [0, 0.1) is 12.7 Å². The highest BCUT2D eigenvalue weighted by Crippen LogP contribution is 2.29. The van der Waals surface area contributed by atoms with E-state index in [1.54, 1.807) is 24.3 Å². The highest BCUT2D eigenvalue weighted by Gasteiger charge is 2.24. The molecule has 1 heterocycles. The van der Waals surface area contributed by atoms with Crippen molar-refractivity contribution in [3.8, 4) is 5.75 Å². The maximum atomic E-state index is 13.8. The van der Waals surface area contributed by atoms with Gasteiger partial charge >= 0.3 is 0 Å². The molecule has 1 N–H and O–H groups in total. The third-order valence-corrected chi connectivity index (χ3v) is 5.34. The topological polar surface area (TPSA) is 50.7 Å². The number of aryl methyl sites for hydroxylation is 1. The van der Waals surface area contributed by atoms with E-state index < -0.39 is 5.82 Å². The third kappa shape index (κ3) is 4.96. The summed E-state index contributed by atoms with van der Waals surface area (Å²) in [6.07, 6.45) is 1.77. The van der Waals surface area contributed by atoms with E-state index in [1.807, 2.05) is 36.4 Å². The molecule has 1 aliphatic heterocycles. The Kier molecular flexibility index (Phi) is 5.95. The number of nitrogens with zero attached hydrogens (tertiary/aromatic N) is 1. The minimum Gasteiger partial charge on any atom is -0.489 e. The van der Waals surface area contributed by atoms with Gasteiger partial charge in [0.1, 0.15) is 23.9 Å². The van der Waals surface area contributed by atoms with E-state index in [-0.39, 0.29) is 11.6 Å². The van der Waals surface area contributed by atoms with Crippen molar-refractivity contribution in [3.05, 3.63) is 100 Å². The molecule has 0 atom stereocenters. The number of halogens is 1. The van der Waals surface area contributed by atoms with Gasteiger partial charge in [-0.1, -0.05) is 54.1 Å². The van der Waals surface area contributed by atoms with Crippen molar-refractivity contribution < 1.29 is 13.9 Å². The van der Waals surface area contributed by atoms with Gasteiger partial charge in [-0.25, -0.2) is 9.38 Å². The van der Waals surface area contributed by atoms with Crippen molar-refractivity contribution >= 4 is 34.6 Å². The van der Waals surface area contributed by atoms with Gasteiger partial charge in [-0.15, -0.1) is 0 Å². The highest BCUT2D eigenvalue weighted by molar-refractivity contribution is 8.18. The molecule has 3 aromatic carbocycles. The molecule has 0 bridgehead atoms. The number of carbonyl (C=O) groups excluding carboxylic acids is 1. The van der Waals surface area contributed by atoms with E-state index in [9.17, 15) is 9.18 Å². The van der Waals surface area contributed by atoms with Crippen LogP contribution in [0.3, 0.4) is 0 Å². The van der Waals surface area contributed by atoms with Crippen LogP contribution < -0.4 is 10.1 Å². The van der Waals surface area contributed by atoms with E-state index in [0.717, 1.165) is 16.9 Å². The Morgan fingerprint density at radius 1 is 1.03 bits per heavy atom. The van der Waals surface area contributed by atoms with Gasteiger partial charge in [-0.3, -0.25) is 4.79 Å². The van der Waals surface area contributed by atoms with Gasteiger partial charge in [-0.2, -0.15) is 0 Å². The summed E-state index contributed by atoms with van der Waals surface area (Å²) in [5, 5.41) is 3.02. The number of amidine groups is 1. The Morgan fingerprint density at radius 2 is 1.77 bits per heavy atom. The summed E-state index contributed by atoms with van der Waals surface area (Å²) < 4.78 is 19.6. The number of ether oxygens (including phenoxy) is 1. The van der Waals surface area contributed by atoms with Gasteiger partial charge in [0, 0.05) is 0 Å². The van der Waals surface area contributed by atoms with Crippen LogP contribution in [-0.4, -0.2) is 11.1 Å². The predicted molar refractivity (Wildman–Crippen MR) is 119 cm³/mol. The quantitative estimate of drug-likeness (QED) is 0.549. The predicted octanol–water partition coefficient (Wildman–Crippen LogP) is 5.60. The van der Waals surface area contributed by atoms with E-state index in [1.165, 1.54) is 23.4 Å². The molecule has 0 aliphatic carbocycles. The van der Waals surface area contributed by atoms with Crippen LogP contribution in [-0.2, 0) is 11.4 Å². The number of thioether (sulfide) groups is 1. The first kappa shape index (κ1) is 19.9. The van der Waals surface area contributed by atoms with E-state index in [0.29, 0.717) is 16.7 Å². The van der Waals surface area contributed by atoms with Crippen LogP contribution in [0.5, 0.6) is 5.75 Å². The standard InChI is InChI=1S/C24H19FN2O2S/c1-16-6-8-18(9-7-16)15-29-19-12-10-17(11-13-19)14-22-23(28)27-24(30-22)26-21-5-3-2-4-20(21)25/h2-14H,15H2,1H3,(H,26,27,28)/b22-14-. The van der Waals surface area contributed by atoms with Crippen molar-refractivity contribution in [1.29, 1.82) is 0 Å². The zero-order valence-electron chi connectivity index (χ0n) is 16.3. The van der Waals surface area contributed by atoms with Crippen LogP contribution in [0.2, 0.25) is 0 Å². The molecule has 1 fully saturated rings. The maximum Gasteiger partial charge on any atom is 0.264 e. The highest BCUT2D eigenvalue weighted by atomic mass is 32.2. The van der Waals surface area contributed by atoms with Crippen LogP contribution in [0.25, 0.3) is 6.08 Å². The number of nitrogens with one attached hydrogen (secondary N) is 1. The molecule has 1 aliphatic rings. The first-order chi connectivity index (χ1) is 14.6. The summed E-state index contributed by atoms with van der Waals surface area (Å²) in [7, 11) is 0. The van der Waals surface area contributed by atoms with Gasteiger partial charge in [0.2, 0.25) is 0 Å². The van der Waals surface area contributed by atoms with Gasteiger partial charge in [0.05, 0.1) is 4.91 Å². The summed E-state index contributed by atoms with van der Waals surface area (Å²) in [5.74, 6) is 0.0661. The molecule has 4 rings (SSSR count). The normalized spacial score (nSPS) is 16.1. The molecule has 0 aromatic heterocycles. The zero-order valence-corrected chi connectivity index (χ0v) is 17.1. The van der Waals surface area contributed by atoms with Crippen molar-refractivity contribution in [1.82, 2.24) is 5.32 Å². The Hall–Kier alpha value is -3.38. The second-order valence-electron chi connectivity index (χ2n) is 6.78. The second-order valence-corrected chi connectivity index (χ2v) is 7.81. The molecule has 6 heteroatoms. The lowest BCUT2D eigenvalue weighted by molar-refractivity contribution is -0.115. The lowest BCUT2D eigenvalue weighted by Crippen LogP contribution is -2.19. The summed E-state index contributed by atoms with van der Waals surface area (Å²) in [6, 6.07) is 21.9. The van der Waals surface area contributed by atoms with Crippen molar-refractivity contribution in [2.45, 2.75) is 13.5 Å². The molecule has 1 amide bonds. The first-order valence-corrected chi connectivity index (χ1v) is 10.2. The monoisotopic (exact) mass is 418 g/mol. The van der Waals surface area contributed by atoms with E-state index in [2.05, 4.69) is 29.4 Å². The summed E-state index contributed by atoms with van der Waals surface area (Å²) >= 11 is 1.18. The van der Waals surface area contributed by atoms with Crippen LogP contribution >= 0.6 is 11.8 Å². The average molecular weight is 418 g/mol. The lowest BCUT2D eigenvalue weighted by atomic mass is 10.1. The first-order valence-electron chi connectivity index (χ1n) is 9.39. The van der Waals surface area contributed by atoms with Gasteiger partial charge in [-0.05, 0) is 60.2 Å². The molecular weight excluding hydrogens is 399 g/mol. The van der Waals surface area contributed by atoms with Crippen molar-refractivity contribution in [2.75, 3.05) is 0 Å². The molecule has 3 aromatic rings. The number of aliphatic imine (C=N–C) groups is 1. The number of hydrogen-bond donors (Lipinski definition) is 1. The van der Waals surface area contributed by atoms with Crippen LogP contribution in [0.15, 0.2) is 82.7 Å². The molecular formula is C24H19FN2O2S. The number of hydrogen-bond acceptors (Lipinski definition) is 4. The maximum absolute atomic E-state index is 13.8. The second kappa shape index (κ2) is 8.97. The Bertz CT molecular complexity index is 1120. The van der Waals surface area contributed by atoms with Crippen LogP contribution in [0.4, 0.5) is 10.1 Å². The Morgan fingerprint density at radius 3 is 2.50 bits per heavy atom. The lowest BCUT2D eigenvalue weighted by Gasteiger charge is -2.07. The average Bonchev–Trinajstić information content (AvgIpc) is 3.09. The minimum atomic E-state index is -0.432. The molecule has 0 unspecified atom stereocenters. The van der Waals surface area contributed by atoms with E-state index in [4.69, 9.17) is 4.74 Å². The summed E-state index contributed by atoms with van der Waals surface area (Å²) in [5.41, 5.74) is 3.37. The molecule has 0 spiro atoms. The third-order valence-electron chi connectivity index (χ3n) is 4.43. The number of benzene rings is 3. The zero-order chi connectivity index (χ0) is 20.9. The molecule has 0 saturated carbocycles. The fourth-order valence-corrected chi connectivity index (χ4v) is 3.63. The minimum absolute atomic E-state index is 0.191. The van der Waals surface area contributed by atoms with Crippen molar-refractivity contribution in [3.63, 3.8) is 0 Å². The van der Waals surface area contributed by atoms with Crippen molar-refractivity contribution in [2.24, 2.45) is 4.99 Å². The SMILES string of the molecule is Cc1ccc(COc2ccc(/C=C3\SC(=Nc4ccccc4F)NC3=O)cc2)cc1. The fraction of sp³-hybridized carbons (Fsp3) is 0.0833. The van der Waals surface area contributed by atoms with Gasteiger partial charge in [0.15, 0.2) is 5.17 Å². The van der Waals surface area contributed by atoms with Gasteiger partial charge < -0.3 is 10.1 Å². The smallest absolute Gasteiger partial charge is 0.264 e. The van der Waals surface area contributed by atoms with E-state index >= 15 is 0 Å². The van der Waals surface area contributed by atoms with Crippen LogP contribution in [0.1, 0.15) is 16.7 Å². The largest absolute Gasteiger partial charge is 0.489 e. The Balaban J connectivity index is 1.41. The van der Waals surface area contributed by atoms with Gasteiger partial charge in [0.25, 0.3) is 5.91 Å². The summed E-state index contributed by atoms with van der Waals surface area (Å²) in [4.78, 5) is 16.9. The molecule has 150 valence electrons.